The van der Waals surface area contributed by atoms with E-state index in [0.717, 1.165) is 38.4 Å². The van der Waals surface area contributed by atoms with Gasteiger partial charge in [-0.15, -0.1) is 0 Å². The number of carbonyl (C=O) groups excluding carboxylic acids is 1. The Balaban J connectivity index is 2.32. The van der Waals surface area contributed by atoms with Crippen molar-refractivity contribution >= 4 is 5.91 Å². The average Bonchev–Trinajstić information content (AvgIpc) is 2.30. The van der Waals surface area contributed by atoms with Gasteiger partial charge in [0.05, 0.1) is 0 Å². The van der Waals surface area contributed by atoms with Crippen molar-refractivity contribution in [1.29, 1.82) is 0 Å². The number of ether oxygens (including phenoxy) is 1. The fourth-order valence-corrected chi connectivity index (χ4v) is 2.22. The first-order chi connectivity index (χ1) is 7.69. The molecular weight excluding hydrogens is 204 g/mol. The minimum atomic E-state index is -0.286. The summed E-state index contributed by atoms with van der Waals surface area (Å²) >= 11 is 0. The van der Waals surface area contributed by atoms with Gasteiger partial charge < -0.3 is 15.0 Å². The van der Waals surface area contributed by atoms with Gasteiger partial charge in [-0.25, -0.2) is 0 Å². The van der Waals surface area contributed by atoms with E-state index in [2.05, 4.69) is 5.32 Å². The number of hydrogen-bond acceptors (Lipinski definition) is 3. The van der Waals surface area contributed by atoms with Crippen molar-refractivity contribution in [3.05, 3.63) is 0 Å². The van der Waals surface area contributed by atoms with Gasteiger partial charge in [-0.2, -0.15) is 0 Å². The molecule has 1 aliphatic rings. The van der Waals surface area contributed by atoms with Gasteiger partial charge in [0.2, 0.25) is 0 Å². The molecule has 16 heavy (non-hydrogen) atoms. The molecule has 1 unspecified atom stereocenters. The van der Waals surface area contributed by atoms with Crippen LogP contribution in [0.25, 0.3) is 0 Å². The van der Waals surface area contributed by atoms with Gasteiger partial charge in [0, 0.05) is 19.7 Å². The van der Waals surface area contributed by atoms with Gasteiger partial charge in [0.25, 0.3) is 5.91 Å². The van der Waals surface area contributed by atoms with Crippen LogP contribution < -0.4 is 5.32 Å². The second-order valence-electron chi connectivity index (χ2n) is 4.42. The highest BCUT2D eigenvalue weighted by Gasteiger charge is 2.25. The molecule has 1 fully saturated rings. The predicted molar refractivity (Wildman–Crippen MR) is 64.3 cm³/mol. The summed E-state index contributed by atoms with van der Waals surface area (Å²) < 4.78 is 5.33. The summed E-state index contributed by atoms with van der Waals surface area (Å²) in [6.07, 6.45) is 1.92. The van der Waals surface area contributed by atoms with E-state index in [1.807, 2.05) is 25.8 Å². The van der Waals surface area contributed by atoms with Gasteiger partial charge >= 0.3 is 0 Å². The van der Waals surface area contributed by atoms with Crippen molar-refractivity contribution < 1.29 is 9.53 Å². The van der Waals surface area contributed by atoms with E-state index >= 15 is 0 Å². The molecule has 0 radical (unpaired) electrons. The lowest BCUT2D eigenvalue weighted by atomic mass is 9.96. The zero-order valence-corrected chi connectivity index (χ0v) is 10.7. The maximum atomic E-state index is 11.9. The van der Waals surface area contributed by atoms with E-state index < -0.39 is 0 Å². The predicted octanol–water partition coefficient (Wildman–Crippen LogP) is 0.869. The SMILES string of the molecule is CCOC(C)C(=O)N1CCC(CNC)CC1. The molecule has 1 N–H and O–H groups in total. The Morgan fingerprint density at radius 3 is 2.62 bits per heavy atom. The van der Waals surface area contributed by atoms with E-state index in [1.54, 1.807) is 0 Å². The van der Waals surface area contributed by atoms with Gasteiger partial charge in [0.1, 0.15) is 6.10 Å². The zero-order chi connectivity index (χ0) is 12.0. The molecule has 94 valence electrons. The summed E-state index contributed by atoms with van der Waals surface area (Å²) in [5, 5.41) is 3.20. The molecular formula is C12H24N2O2. The number of nitrogens with one attached hydrogen (secondary N) is 1. The number of hydrogen-bond donors (Lipinski definition) is 1. The van der Waals surface area contributed by atoms with Crippen LogP contribution in [0, 0.1) is 5.92 Å². The molecule has 0 aromatic carbocycles. The van der Waals surface area contributed by atoms with Crippen LogP contribution >= 0.6 is 0 Å². The number of carbonyl (C=O) groups is 1. The van der Waals surface area contributed by atoms with Crippen molar-refractivity contribution in [3.63, 3.8) is 0 Å². The van der Waals surface area contributed by atoms with E-state index in [1.165, 1.54) is 0 Å². The third-order valence-corrected chi connectivity index (χ3v) is 3.18. The summed E-state index contributed by atoms with van der Waals surface area (Å²) in [5.41, 5.74) is 0. The number of likely N-dealkylation sites (tertiary alicyclic amines) is 1. The lowest BCUT2D eigenvalue weighted by molar-refractivity contribution is -0.143. The molecule has 0 aromatic heterocycles. The van der Waals surface area contributed by atoms with Gasteiger partial charge in [-0.3, -0.25) is 4.79 Å². The maximum Gasteiger partial charge on any atom is 0.251 e. The van der Waals surface area contributed by atoms with E-state index in [4.69, 9.17) is 4.74 Å². The number of rotatable bonds is 5. The van der Waals surface area contributed by atoms with Crippen molar-refractivity contribution in [2.45, 2.75) is 32.8 Å². The largest absolute Gasteiger partial charge is 0.369 e. The lowest BCUT2D eigenvalue weighted by Crippen LogP contribution is -2.44. The highest BCUT2D eigenvalue weighted by Crippen LogP contribution is 2.17. The van der Waals surface area contributed by atoms with E-state index in [9.17, 15) is 4.79 Å². The standard InChI is InChI=1S/C12H24N2O2/c1-4-16-10(2)12(15)14-7-5-11(6-8-14)9-13-3/h10-11,13H,4-9H2,1-3H3. The fourth-order valence-electron chi connectivity index (χ4n) is 2.22. The van der Waals surface area contributed by atoms with Crippen LogP contribution in [0.1, 0.15) is 26.7 Å². The van der Waals surface area contributed by atoms with Crippen LogP contribution in [0.15, 0.2) is 0 Å². The molecule has 0 spiro atoms. The Labute approximate surface area is 98.3 Å². The molecule has 4 heteroatoms. The normalized spacial score (nSPS) is 19.8. The van der Waals surface area contributed by atoms with Crippen molar-refractivity contribution in [2.75, 3.05) is 33.3 Å². The molecule has 1 amide bonds. The Hall–Kier alpha value is -0.610. The first-order valence-corrected chi connectivity index (χ1v) is 6.24. The quantitative estimate of drug-likeness (QED) is 0.759. The molecule has 1 saturated heterocycles. The van der Waals surface area contributed by atoms with Crippen LogP contribution in [-0.4, -0.2) is 50.2 Å². The minimum absolute atomic E-state index is 0.143. The van der Waals surface area contributed by atoms with Gasteiger partial charge in [0.15, 0.2) is 0 Å². The summed E-state index contributed by atoms with van der Waals surface area (Å²) in [6.45, 7) is 7.17. The van der Waals surface area contributed by atoms with Crippen molar-refractivity contribution in [3.8, 4) is 0 Å². The highest BCUT2D eigenvalue weighted by atomic mass is 16.5. The topological polar surface area (TPSA) is 41.6 Å². The first-order valence-electron chi connectivity index (χ1n) is 6.24. The zero-order valence-electron chi connectivity index (χ0n) is 10.7. The lowest BCUT2D eigenvalue weighted by Gasteiger charge is -2.33. The average molecular weight is 228 g/mol. The fraction of sp³-hybridized carbons (Fsp3) is 0.917. The summed E-state index contributed by atoms with van der Waals surface area (Å²) in [6, 6.07) is 0. The molecule has 0 aromatic rings. The molecule has 0 saturated carbocycles. The van der Waals surface area contributed by atoms with Crippen molar-refractivity contribution in [1.82, 2.24) is 10.2 Å². The van der Waals surface area contributed by atoms with Crippen LogP contribution in [0.3, 0.4) is 0 Å². The Morgan fingerprint density at radius 2 is 2.12 bits per heavy atom. The molecule has 1 aliphatic heterocycles. The number of piperidine rings is 1. The van der Waals surface area contributed by atoms with E-state index in [0.29, 0.717) is 6.61 Å². The monoisotopic (exact) mass is 228 g/mol. The number of nitrogens with zero attached hydrogens (tertiary/aromatic N) is 1. The summed E-state index contributed by atoms with van der Waals surface area (Å²) in [5.74, 6) is 0.862. The van der Waals surface area contributed by atoms with E-state index in [-0.39, 0.29) is 12.0 Å². The molecule has 4 nitrogen and oxygen atoms in total. The highest BCUT2D eigenvalue weighted by molar-refractivity contribution is 5.80. The Kier molecular flexibility index (Phi) is 5.77. The molecule has 1 atom stereocenters. The molecule has 0 aliphatic carbocycles. The van der Waals surface area contributed by atoms with Gasteiger partial charge in [-0.05, 0) is 46.2 Å². The summed E-state index contributed by atoms with van der Waals surface area (Å²) in [7, 11) is 1.98. The summed E-state index contributed by atoms with van der Waals surface area (Å²) in [4.78, 5) is 13.9. The van der Waals surface area contributed by atoms with Crippen LogP contribution in [0.2, 0.25) is 0 Å². The molecule has 1 rings (SSSR count). The molecule has 1 heterocycles. The van der Waals surface area contributed by atoms with Crippen molar-refractivity contribution in [2.24, 2.45) is 5.92 Å². The third kappa shape index (κ3) is 3.76. The Bertz CT molecular complexity index is 213. The van der Waals surface area contributed by atoms with Crippen LogP contribution in [-0.2, 0) is 9.53 Å². The minimum Gasteiger partial charge on any atom is -0.369 e. The molecule has 0 bridgehead atoms. The maximum absolute atomic E-state index is 11.9. The Morgan fingerprint density at radius 1 is 1.50 bits per heavy atom. The van der Waals surface area contributed by atoms with Gasteiger partial charge in [-0.1, -0.05) is 0 Å². The third-order valence-electron chi connectivity index (χ3n) is 3.18. The van der Waals surface area contributed by atoms with Crippen LogP contribution in [0.5, 0.6) is 0 Å². The smallest absolute Gasteiger partial charge is 0.251 e. The second-order valence-corrected chi connectivity index (χ2v) is 4.42. The first kappa shape index (κ1) is 13.5. The second kappa shape index (κ2) is 6.86. The number of amides is 1. The van der Waals surface area contributed by atoms with Crippen LogP contribution in [0.4, 0.5) is 0 Å².